The molecule has 4 nitrogen and oxygen atoms in total. The molecule has 1 aromatic heterocycles. The summed E-state index contributed by atoms with van der Waals surface area (Å²) >= 11 is 3.23. The third-order valence-electron chi connectivity index (χ3n) is 4.36. The number of nitrogens with zero attached hydrogens (tertiary/aromatic N) is 1. The van der Waals surface area contributed by atoms with E-state index in [1.807, 2.05) is 0 Å². The molecule has 0 saturated carbocycles. The standard InChI is InChI=1S/C18H12BrF4NO3S/c19-15-4-1-10(20)7-13(15)14-8-11(25)2-5-16(14)28(26,27)12-3-6-17(24-9-12)18(21,22)23/h1-7,9,14,16H,8H2. The molecule has 28 heavy (non-hydrogen) atoms. The summed E-state index contributed by atoms with van der Waals surface area (Å²) in [5.74, 6) is -1.85. The first-order valence-corrected chi connectivity index (χ1v) is 10.3. The topological polar surface area (TPSA) is 64.1 Å². The number of aromatic nitrogens is 1. The minimum absolute atomic E-state index is 0.184. The summed E-state index contributed by atoms with van der Waals surface area (Å²) < 4.78 is 78.3. The smallest absolute Gasteiger partial charge is 0.295 e. The minimum Gasteiger partial charge on any atom is -0.295 e. The highest BCUT2D eigenvalue weighted by molar-refractivity contribution is 9.10. The van der Waals surface area contributed by atoms with Crippen LogP contribution in [0.25, 0.3) is 0 Å². The van der Waals surface area contributed by atoms with Gasteiger partial charge in [-0.25, -0.2) is 12.8 Å². The van der Waals surface area contributed by atoms with E-state index in [1.54, 1.807) is 0 Å². The zero-order valence-electron chi connectivity index (χ0n) is 14.0. The number of pyridine rings is 1. The van der Waals surface area contributed by atoms with Gasteiger partial charge >= 0.3 is 6.18 Å². The molecule has 0 N–H and O–H groups in total. The number of allylic oxidation sites excluding steroid dienone is 1. The zero-order chi connectivity index (χ0) is 20.7. The molecule has 2 unspecified atom stereocenters. The van der Waals surface area contributed by atoms with Gasteiger partial charge in [0.2, 0.25) is 0 Å². The number of hydrogen-bond donors (Lipinski definition) is 0. The van der Waals surface area contributed by atoms with Crippen molar-refractivity contribution >= 4 is 31.6 Å². The van der Waals surface area contributed by atoms with Crippen LogP contribution in [0.15, 0.2) is 58.0 Å². The molecule has 0 radical (unpaired) electrons. The Labute approximate surface area is 166 Å². The van der Waals surface area contributed by atoms with Gasteiger partial charge in [-0.2, -0.15) is 13.2 Å². The highest BCUT2D eigenvalue weighted by Gasteiger charge is 2.39. The fourth-order valence-corrected chi connectivity index (χ4v) is 5.29. The fraction of sp³-hybridized carbons (Fsp3) is 0.222. The van der Waals surface area contributed by atoms with E-state index < -0.39 is 43.6 Å². The lowest BCUT2D eigenvalue weighted by Gasteiger charge is -2.28. The maximum Gasteiger partial charge on any atom is 0.433 e. The second-order valence-corrected chi connectivity index (χ2v) is 9.15. The van der Waals surface area contributed by atoms with Crippen LogP contribution in [-0.2, 0) is 20.8 Å². The number of rotatable bonds is 3. The molecule has 0 bridgehead atoms. The summed E-state index contributed by atoms with van der Waals surface area (Å²) in [7, 11) is -4.19. The van der Waals surface area contributed by atoms with Crippen molar-refractivity contribution in [3.63, 3.8) is 0 Å². The Morgan fingerprint density at radius 2 is 1.86 bits per heavy atom. The van der Waals surface area contributed by atoms with Gasteiger partial charge in [-0.1, -0.05) is 22.0 Å². The van der Waals surface area contributed by atoms with E-state index in [0.717, 1.165) is 18.2 Å². The SMILES string of the molecule is O=C1C=CC(S(=O)(=O)c2ccc(C(F)(F)F)nc2)C(c2cc(F)ccc2Br)C1. The molecular formula is C18H12BrF4NO3S. The van der Waals surface area contributed by atoms with Crippen LogP contribution >= 0.6 is 15.9 Å². The Kier molecular flexibility index (Phi) is 5.46. The van der Waals surface area contributed by atoms with E-state index in [2.05, 4.69) is 20.9 Å². The van der Waals surface area contributed by atoms with E-state index in [4.69, 9.17) is 0 Å². The van der Waals surface area contributed by atoms with Crippen molar-refractivity contribution in [2.75, 3.05) is 0 Å². The third-order valence-corrected chi connectivity index (χ3v) is 7.18. The second-order valence-electron chi connectivity index (χ2n) is 6.19. The Morgan fingerprint density at radius 3 is 2.46 bits per heavy atom. The Morgan fingerprint density at radius 1 is 1.14 bits per heavy atom. The lowest BCUT2D eigenvalue weighted by molar-refractivity contribution is -0.141. The maximum atomic E-state index is 13.7. The predicted octanol–water partition coefficient (Wildman–Crippen LogP) is 4.46. The van der Waals surface area contributed by atoms with Crippen molar-refractivity contribution in [2.24, 2.45) is 0 Å². The first kappa shape index (κ1) is 20.7. The van der Waals surface area contributed by atoms with Crippen LogP contribution in [0.5, 0.6) is 0 Å². The second kappa shape index (κ2) is 7.40. The summed E-state index contributed by atoms with van der Waals surface area (Å²) in [6.07, 6.45) is -1.95. The van der Waals surface area contributed by atoms with Crippen LogP contribution in [0.2, 0.25) is 0 Å². The van der Waals surface area contributed by atoms with E-state index in [-0.39, 0.29) is 17.8 Å². The van der Waals surface area contributed by atoms with Gasteiger partial charge in [-0.15, -0.1) is 0 Å². The van der Waals surface area contributed by atoms with E-state index in [0.29, 0.717) is 16.7 Å². The molecule has 0 amide bonds. The minimum atomic E-state index is -4.70. The number of benzene rings is 1. The zero-order valence-corrected chi connectivity index (χ0v) is 16.4. The number of hydrogen-bond acceptors (Lipinski definition) is 4. The first-order chi connectivity index (χ1) is 13.0. The monoisotopic (exact) mass is 477 g/mol. The number of halogens is 5. The molecule has 3 rings (SSSR count). The van der Waals surface area contributed by atoms with Crippen LogP contribution in [0, 0.1) is 5.82 Å². The number of carbonyl (C=O) groups excluding carboxylic acids is 1. The number of sulfone groups is 1. The molecule has 0 aliphatic heterocycles. The largest absolute Gasteiger partial charge is 0.433 e. The lowest BCUT2D eigenvalue weighted by atomic mass is 9.86. The van der Waals surface area contributed by atoms with Gasteiger partial charge in [0.25, 0.3) is 0 Å². The molecule has 0 saturated heterocycles. The molecule has 1 aliphatic carbocycles. The molecule has 0 spiro atoms. The van der Waals surface area contributed by atoms with Gasteiger partial charge in [0.1, 0.15) is 11.5 Å². The Bertz CT molecular complexity index is 1050. The van der Waals surface area contributed by atoms with E-state index >= 15 is 0 Å². The number of alkyl halides is 3. The molecule has 1 aromatic carbocycles. The van der Waals surface area contributed by atoms with Crippen LogP contribution < -0.4 is 0 Å². The van der Waals surface area contributed by atoms with Crippen LogP contribution in [0.3, 0.4) is 0 Å². The normalized spacial score (nSPS) is 20.4. The first-order valence-electron chi connectivity index (χ1n) is 7.93. The maximum absolute atomic E-state index is 13.7. The van der Waals surface area contributed by atoms with Crippen LogP contribution in [0.4, 0.5) is 17.6 Å². The van der Waals surface area contributed by atoms with Crippen LogP contribution in [0.1, 0.15) is 23.6 Å². The van der Waals surface area contributed by atoms with Gasteiger partial charge in [0.15, 0.2) is 15.6 Å². The summed E-state index contributed by atoms with van der Waals surface area (Å²) in [5.41, 5.74) is -0.934. The number of ketones is 1. The molecule has 0 fully saturated rings. The van der Waals surface area contributed by atoms with Gasteiger partial charge in [-0.05, 0) is 42.0 Å². The molecule has 148 valence electrons. The average Bonchev–Trinajstić information content (AvgIpc) is 2.63. The molecule has 10 heteroatoms. The Hall–Kier alpha value is -2.07. The molecular weight excluding hydrogens is 466 g/mol. The van der Waals surface area contributed by atoms with Gasteiger partial charge in [-0.3, -0.25) is 9.78 Å². The molecule has 1 aliphatic rings. The lowest BCUT2D eigenvalue weighted by Crippen LogP contribution is -2.31. The van der Waals surface area contributed by atoms with Crippen molar-refractivity contribution in [1.82, 2.24) is 4.98 Å². The summed E-state index contributed by atoms with van der Waals surface area (Å²) in [4.78, 5) is 14.7. The third kappa shape index (κ3) is 4.02. The summed E-state index contributed by atoms with van der Waals surface area (Å²) in [5, 5.41) is -1.26. The average molecular weight is 478 g/mol. The highest BCUT2D eigenvalue weighted by atomic mass is 79.9. The number of carbonyl (C=O) groups is 1. The van der Waals surface area contributed by atoms with E-state index in [1.165, 1.54) is 18.2 Å². The highest BCUT2D eigenvalue weighted by Crippen LogP contribution is 2.39. The molecule has 1 heterocycles. The van der Waals surface area contributed by atoms with Gasteiger partial charge in [0.05, 0.1) is 10.1 Å². The van der Waals surface area contributed by atoms with Gasteiger partial charge in [0, 0.05) is 23.0 Å². The van der Waals surface area contributed by atoms with E-state index in [9.17, 15) is 30.8 Å². The molecule has 2 atom stereocenters. The quantitative estimate of drug-likeness (QED) is 0.612. The van der Waals surface area contributed by atoms with Crippen molar-refractivity contribution < 1.29 is 30.8 Å². The summed E-state index contributed by atoms with van der Waals surface area (Å²) in [6, 6.07) is 5.12. The predicted molar refractivity (Wildman–Crippen MR) is 95.8 cm³/mol. The van der Waals surface area contributed by atoms with Crippen molar-refractivity contribution in [3.8, 4) is 0 Å². The Balaban J connectivity index is 2.06. The van der Waals surface area contributed by atoms with Crippen molar-refractivity contribution in [1.29, 1.82) is 0 Å². The summed E-state index contributed by atoms with van der Waals surface area (Å²) in [6.45, 7) is 0. The fourth-order valence-electron chi connectivity index (χ4n) is 3.02. The van der Waals surface area contributed by atoms with Gasteiger partial charge < -0.3 is 0 Å². The van der Waals surface area contributed by atoms with Crippen LogP contribution in [-0.4, -0.2) is 24.4 Å². The van der Waals surface area contributed by atoms with Crippen molar-refractivity contribution in [2.45, 2.75) is 28.7 Å². The van der Waals surface area contributed by atoms with Crippen molar-refractivity contribution in [3.05, 3.63) is 70.2 Å². The molecule has 2 aromatic rings.